The Balaban J connectivity index is 1.79. The quantitative estimate of drug-likeness (QED) is 0.548. The fourth-order valence-corrected chi connectivity index (χ4v) is 3.01. The molecule has 130 valence electrons. The number of aryl methyl sites for hydroxylation is 2. The highest BCUT2D eigenvalue weighted by molar-refractivity contribution is 5.75. The van der Waals surface area contributed by atoms with E-state index >= 15 is 0 Å². The van der Waals surface area contributed by atoms with Gasteiger partial charge in [0.25, 0.3) is 5.56 Å². The number of hydrogen-bond acceptors (Lipinski definition) is 4. The predicted molar refractivity (Wildman–Crippen MR) is 89.5 cm³/mol. The van der Waals surface area contributed by atoms with E-state index in [0.717, 1.165) is 36.3 Å². The first-order valence-corrected chi connectivity index (χ1v) is 8.05. The number of nitrogens with two attached hydrogens (primary N) is 1. The number of morpholine rings is 1. The minimum absolute atomic E-state index is 0.323. The lowest BCUT2D eigenvalue weighted by atomic mass is 10.2. The number of ether oxygens (including phenoxy) is 1. The smallest absolute Gasteiger partial charge is 0.332 e. The lowest BCUT2D eigenvalue weighted by Crippen LogP contribution is -2.38. The summed E-state index contributed by atoms with van der Waals surface area (Å²) in [7, 11) is 3.09. The Labute approximate surface area is 138 Å². The summed E-state index contributed by atoms with van der Waals surface area (Å²) in [5.41, 5.74) is 6.31. The first-order valence-electron chi connectivity index (χ1n) is 8.05. The lowest BCUT2D eigenvalue weighted by molar-refractivity contribution is -0.551. The Kier molecular flexibility index (Phi) is 4.52. The van der Waals surface area contributed by atoms with Crippen molar-refractivity contribution in [1.29, 1.82) is 0 Å². The first-order chi connectivity index (χ1) is 11.5. The van der Waals surface area contributed by atoms with Crippen LogP contribution in [0, 0.1) is 0 Å². The normalized spacial score (nSPS) is 15.2. The van der Waals surface area contributed by atoms with E-state index in [0.29, 0.717) is 30.9 Å². The largest absolute Gasteiger partial charge is 0.373 e. The van der Waals surface area contributed by atoms with Crippen molar-refractivity contribution in [2.45, 2.75) is 19.4 Å². The predicted octanol–water partition coefficient (Wildman–Crippen LogP) is -1.39. The Bertz CT molecular complexity index is 896. The minimum atomic E-state index is -0.373. The van der Waals surface area contributed by atoms with Crippen molar-refractivity contribution in [3.8, 4) is 0 Å². The van der Waals surface area contributed by atoms with Crippen molar-refractivity contribution < 1.29 is 9.31 Å². The molecule has 1 saturated heterocycles. The summed E-state index contributed by atoms with van der Waals surface area (Å²) in [6.45, 7) is 3.67. The molecule has 0 aliphatic carbocycles. The Morgan fingerprint density at radius 3 is 2.71 bits per heavy atom. The van der Waals surface area contributed by atoms with Crippen LogP contribution in [-0.4, -0.2) is 55.4 Å². The molecule has 0 aromatic carbocycles. The SMILES string of the molecule is Cn1c(=O)c2c(ncn2CCCC(N)=[N+]2CCOCC2)n(C)c1=O. The maximum atomic E-state index is 12.4. The molecule has 9 nitrogen and oxygen atoms in total. The van der Waals surface area contributed by atoms with Gasteiger partial charge in [0, 0.05) is 27.1 Å². The van der Waals surface area contributed by atoms with E-state index in [1.54, 1.807) is 17.9 Å². The van der Waals surface area contributed by atoms with E-state index in [2.05, 4.69) is 9.56 Å². The highest BCUT2D eigenvalue weighted by Crippen LogP contribution is 2.07. The molecule has 2 aromatic rings. The number of aromatic nitrogens is 4. The van der Waals surface area contributed by atoms with Crippen LogP contribution in [0.1, 0.15) is 12.8 Å². The van der Waals surface area contributed by atoms with Gasteiger partial charge in [0.05, 0.1) is 19.5 Å². The molecule has 0 saturated carbocycles. The third kappa shape index (κ3) is 2.86. The van der Waals surface area contributed by atoms with Gasteiger partial charge in [-0.25, -0.2) is 9.78 Å². The van der Waals surface area contributed by atoms with Gasteiger partial charge in [-0.2, -0.15) is 0 Å². The van der Waals surface area contributed by atoms with Gasteiger partial charge in [-0.15, -0.1) is 0 Å². The molecule has 0 radical (unpaired) electrons. The van der Waals surface area contributed by atoms with E-state index in [4.69, 9.17) is 10.5 Å². The molecular formula is C15H23N6O3+. The zero-order chi connectivity index (χ0) is 17.3. The highest BCUT2D eigenvalue weighted by Gasteiger charge is 2.16. The van der Waals surface area contributed by atoms with Crippen LogP contribution in [-0.2, 0) is 25.4 Å². The lowest BCUT2D eigenvalue weighted by Gasteiger charge is -2.15. The molecule has 0 unspecified atom stereocenters. The minimum Gasteiger partial charge on any atom is -0.373 e. The van der Waals surface area contributed by atoms with Crippen LogP contribution in [0.5, 0.6) is 0 Å². The first kappa shape index (κ1) is 16.4. The van der Waals surface area contributed by atoms with Gasteiger partial charge in [-0.3, -0.25) is 24.2 Å². The van der Waals surface area contributed by atoms with Gasteiger partial charge in [-0.1, -0.05) is 0 Å². The van der Waals surface area contributed by atoms with Crippen LogP contribution in [0.15, 0.2) is 15.9 Å². The third-order valence-corrected chi connectivity index (χ3v) is 4.47. The van der Waals surface area contributed by atoms with Crippen LogP contribution in [0.2, 0.25) is 0 Å². The van der Waals surface area contributed by atoms with E-state index in [1.807, 2.05) is 0 Å². The summed E-state index contributed by atoms with van der Waals surface area (Å²) >= 11 is 0. The van der Waals surface area contributed by atoms with Crippen LogP contribution >= 0.6 is 0 Å². The zero-order valence-electron chi connectivity index (χ0n) is 14.1. The third-order valence-electron chi connectivity index (χ3n) is 4.47. The summed E-state index contributed by atoms with van der Waals surface area (Å²) in [4.78, 5) is 28.5. The maximum Gasteiger partial charge on any atom is 0.332 e. The number of rotatable bonds is 4. The molecule has 24 heavy (non-hydrogen) atoms. The number of hydrogen-bond donors (Lipinski definition) is 1. The molecule has 1 aliphatic rings. The molecule has 0 spiro atoms. The van der Waals surface area contributed by atoms with Crippen molar-refractivity contribution in [2.24, 2.45) is 19.8 Å². The molecule has 9 heteroatoms. The van der Waals surface area contributed by atoms with Gasteiger partial charge in [-0.05, 0) is 6.42 Å². The van der Waals surface area contributed by atoms with Crippen molar-refractivity contribution in [2.75, 3.05) is 26.3 Å². The maximum absolute atomic E-state index is 12.4. The fraction of sp³-hybridized carbons (Fsp3) is 0.600. The summed E-state index contributed by atoms with van der Waals surface area (Å²) in [6, 6.07) is 0. The van der Waals surface area contributed by atoms with E-state index < -0.39 is 0 Å². The molecule has 1 fully saturated rings. The Hall–Kier alpha value is -2.42. The average Bonchev–Trinajstić information content (AvgIpc) is 3.03. The van der Waals surface area contributed by atoms with E-state index in [1.165, 1.54) is 11.6 Å². The van der Waals surface area contributed by atoms with Gasteiger partial charge in [0.1, 0.15) is 13.1 Å². The summed E-state index contributed by atoms with van der Waals surface area (Å²) in [5, 5.41) is 0. The van der Waals surface area contributed by atoms with Gasteiger partial charge < -0.3 is 9.30 Å². The second-order valence-electron chi connectivity index (χ2n) is 6.01. The molecule has 0 amide bonds. The second kappa shape index (κ2) is 6.60. The topological polar surface area (TPSA) is 100 Å². The molecule has 0 bridgehead atoms. The second-order valence-corrected chi connectivity index (χ2v) is 6.01. The molecular weight excluding hydrogens is 312 g/mol. The molecule has 1 aliphatic heterocycles. The number of amidine groups is 1. The summed E-state index contributed by atoms with van der Waals surface area (Å²) in [6.07, 6.45) is 3.14. The highest BCUT2D eigenvalue weighted by atomic mass is 16.5. The van der Waals surface area contributed by atoms with Crippen LogP contribution in [0.25, 0.3) is 11.2 Å². The van der Waals surface area contributed by atoms with Crippen LogP contribution in [0.4, 0.5) is 0 Å². The summed E-state index contributed by atoms with van der Waals surface area (Å²) in [5.74, 6) is 0.850. The zero-order valence-corrected chi connectivity index (χ0v) is 14.1. The summed E-state index contributed by atoms with van der Waals surface area (Å²) < 4.78 is 11.7. The van der Waals surface area contributed by atoms with Crippen LogP contribution in [0.3, 0.4) is 0 Å². The van der Waals surface area contributed by atoms with Crippen molar-refractivity contribution in [3.63, 3.8) is 0 Å². The number of fused-ring (bicyclic) bond motifs is 1. The van der Waals surface area contributed by atoms with Gasteiger partial charge >= 0.3 is 5.69 Å². The fourth-order valence-electron chi connectivity index (χ4n) is 3.01. The van der Waals surface area contributed by atoms with Gasteiger partial charge in [0.2, 0.25) is 5.84 Å². The van der Waals surface area contributed by atoms with Crippen LogP contribution < -0.4 is 17.0 Å². The molecule has 3 heterocycles. The molecule has 2 aromatic heterocycles. The van der Waals surface area contributed by atoms with Crippen molar-refractivity contribution >= 4 is 17.0 Å². The van der Waals surface area contributed by atoms with Crippen molar-refractivity contribution in [1.82, 2.24) is 18.7 Å². The van der Waals surface area contributed by atoms with Gasteiger partial charge in [0.15, 0.2) is 11.2 Å². The molecule has 0 atom stereocenters. The molecule has 3 rings (SSSR count). The number of nitrogens with zero attached hydrogens (tertiary/aromatic N) is 5. The number of imidazole rings is 1. The monoisotopic (exact) mass is 335 g/mol. The standard InChI is InChI=1S/C15H22N6O3/c1-18-13-12(14(22)19(2)15(18)23)21(10-17-13)5-3-4-11(16)20-6-8-24-9-7-20/h10,16H,3-9H2,1-2H3/p+1. The van der Waals surface area contributed by atoms with E-state index in [-0.39, 0.29) is 11.2 Å². The van der Waals surface area contributed by atoms with E-state index in [9.17, 15) is 9.59 Å². The molecule has 2 N–H and O–H groups in total. The Morgan fingerprint density at radius 1 is 1.29 bits per heavy atom. The van der Waals surface area contributed by atoms with Crippen molar-refractivity contribution in [3.05, 3.63) is 27.2 Å². The Morgan fingerprint density at radius 2 is 2.00 bits per heavy atom. The average molecular weight is 335 g/mol.